The molecule has 1 aromatic carbocycles. The lowest BCUT2D eigenvalue weighted by atomic mass is 9.86. The maximum atomic E-state index is 8.80. The average molecular weight is 240 g/mol. The highest BCUT2D eigenvalue weighted by molar-refractivity contribution is 7.80. The summed E-state index contributed by atoms with van der Waals surface area (Å²) >= 11 is 10.2. The molecule has 0 radical (unpaired) electrons. The summed E-state index contributed by atoms with van der Waals surface area (Å²) in [5, 5.41) is 9.53. The predicted octanol–water partition coefficient (Wildman–Crippen LogP) is 3.90. The zero-order chi connectivity index (χ0) is 11.3. The fourth-order valence-corrected chi connectivity index (χ4v) is 2.06. The van der Waals surface area contributed by atoms with Crippen molar-refractivity contribution in [3.05, 3.63) is 34.9 Å². The SMILES string of the molecule is CC(CS)C(CC#N)c1cccc(Cl)c1. The summed E-state index contributed by atoms with van der Waals surface area (Å²) in [7, 11) is 0. The summed E-state index contributed by atoms with van der Waals surface area (Å²) in [6.45, 7) is 2.11. The van der Waals surface area contributed by atoms with Crippen LogP contribution in [-0.4, -0.2) is 5.75 Å². The molecule has 1 aromatic rings. The third-order valence-electron chi connectivity index (χ3n) is 2.56. The molecule has 0 aromatic heterocycles. The molecular formula is C12H14ClNS. The first-order chi connectivity index (χ1) is 7.19. The Hall–Kier alpha value is -0.650. The van der Waals surface area contributed by atoms with E-state index in [1.165, 1.54) is 0 Å². The van der Waals surface area contributed by atoms with Gasteiger partial charge in [0.05, 0.1) is 6.07 Å². The van der Waals surface area contributed by atoms with Crippen molar-refractivity contribution in [3.63, 3.8) is 0 Å². The lowest BCUT2D eigenvalue weighted by Gasteiger charge is -2.20. The Bertz CT molecular complexity index is 359. The molecule has 0 bridgehead atoms. The lowest BCUT2D eigenvalue weighted by Crippen LogP contribution is -2.10. The molecule has 2 unspecified atom stereocenters. The molecule has 3 heteroatoms. The maximum absolute atomic E-state index is 8.80. The van der Waals surface area contributed by atoms with Gasteiger partial charge in [-0.05, 0) is 29.4 Å². The molecule has 0 fully saturated rings. The van der Waals surface area contributed by atoms with Gasteiger partial charge in [-0.3, -0.25) is 0 Å². The van der Waals surface area contributed by atoms with E-state index in [1.54, 1.807) is 0 Å². The van der Waals surface area contributed by atoms with Gasteiger partial charge in [0.15, 0.2) is 0 Å². The minimum absolute atomic E-state index is 0.228. The van der Waals surface area contributed by atoms with Crippen molar-refractivity contribution in [2.24, 2.45) is 5.92 Å². The molecule has 2 atom stereocenters. The Balaban J connectivity index is 2.94. The third kappa shape index (κ3) is 3.44. The molecule has 0 heterocycles. The summed E-state index contributed by atoms with van der Waals surface area (Å²) in [4.78, 5) is 0. The number of rotatable bonds is 4. The highest BCUT2D eigenvalue weighted by Gasteiger charge is 2.18. The minimum atomic E-state index is 0.228. The van der Waals surface area contributed by atoms with Crippen LogP contribution < -0.4 is 0 Å². The molecule has 0 aliphatic rings. The average Bonchev–Trinajstić information content (AvgIpc) is 2.25. The van der Waals surface area contributed by atoms with Gasteiger partial charge in [0.25, 0.3) is 0 Å². The standard InChI is InChI=1S/C12H14ClNS/c1-9(8-15)12(5-6-14)10-3-2-4-11(13)7-10/h2-4,7,9,12,15H,5,8H2,1H3. The first-order valence-corrected chi connectivity index (χ1v) is 5.93. The van der Waals surface area contributed by atoms with E-state index in [0.29, 0.717) is 12.3 Å². The van der Waals surface area contributed by atoms with Crippen molar-refractivity contribution in [1.82, 2.24) is 0 Å². The van der Waals surface area contributed by atoms with Gasteiger partial charge in [0.2, 0.25) is 0 Å². The highest BCUT2D eigenvalue weighted by atomic mass is 35.5. The summed E-state index contributed by atoms with van der Waals surface area (Å²) in [6.07, 6.45) is 0.516. The summed E-state index contributed by atoms with van der Waals surface area (Å²) in [5.41, 5.74) is 1.13. The first-order valence-electron chi connectivity index (χ1n) is 4.92. The van der Waals surface area contributed by atoms with Crippen LogP contribution in [0.2, 0.25) is 5.02 Å². The number of benzene rings is 1. The zero-order valence-electron chi connectivity index (χ0n) is 8.65. The second-order valence-corrected chi connectivity index (χ2v) is 4.49. The molecule has 1 nitrogen and oxygen atoms in total. The van der Waals surface area contributed by atoms with E-state index in [2.05, 4.69) is 25.6 Å². The van der Waals surface area contributed by atoms with Crippen LogP contribution in [0.3, 0.4) is 0 Å². The van der Waals surface area contributed by atoms with Crippen LogP contribution in [-0.2, 0) is 0 Å². The maximum Gasteiger partial charge on any atom is 0.0628 e. The molecule has 0 spiro atoms. The zero-order valence-corrected chi connectivity index (χ0v) is 10.3. The van der Waals surface area contributed by atoms with Crippen molar-refractivity contribution in [2.75, 3.05) is 5.75 Å². The molecule has 1 rings (SSSR count). The van der Waals surface area contributed by atoms with Gasteiger partial charge in [-0.25, -0.2) is 0 Å². The number of nitrogens with zero attached hydrogens (tertiary/aromatic N) is 1. The van der Waals surface area contributed by atoms with Gasteiger partial charge in [-0.2, -0.15) is 17.9 Å². The van der Waals surface area contributed by atoms with E-state index in [1.807, 2.05) is 24.3 Å². The fraction of sp³-hybridized carbons (Fsp3) is 0.417. The van der Waals surface area contributed by atoms with Crippen molar-refractivity contribution < 1.29 is 0 Å². The van der Waals surface area contributed by atoms with Crippen LogP contribution in [0.4, 0.5) is 0 Å². The predicted molar refractivity (Wildman–Crippen MR) is 67.4 cm³/mol. The summed E-state index contributed by atoms with van der Waals surface area (Å²) in [6, 6.07) is 9.95. The second-order valence-electron chi connectivity index (χ2n) is 3.68. The second kappa shape index (κ2) is 6.05. The molecule has 0 aliphatic carbocycles. The Morgan fingerprint density at radius 3 is 2.80 bits per heavy atom. The van der Waals surface area contributed by atoms with Gasteiger partial charge in [0.1, 0.15) is 0 Å². The molecule has 0 N–H and O–H groups in total. The largest absolute Gasteiger partial charge is 0.198 e. The molecule has 0 aliphatic heterocycles. The quantitative estimate of drug-likeness (QED) is 0.792. The van der Waals surface area contributed by atoms with Crippen molar-refractivity contribution in [3.8, 4) is 6.07 Å². The first kappa shape index (κ1) is 12.4. The third-order valence-corrected chi connectivity index (χ3v) is 3.37. The van der Waals surface area contributed by atoms with Crippen molar-refractivity contribution >= 4 is 24.2 Å². The summed E-state index contributed by atoms with van der Waals surface area (Å²) in [5.74, 6) is 1.39. The van der Waals surface area contributed by atoms with Crippen LogP contribution in [0.25, 0.3) is 0 Å². The number of halogens is 1. The Morgan fingerprint density at radius 2 is 2.27 bits per heavy atom. The number of hydrogen-bond donors (Lipinski definition) is 1. The molecular weight excluding hydrogens is 226 g/mol. The summed E-state index contributed by atoms with van der Waals surface area (Å²) < 4.78 is 0. The van der Waals surface area contributed by atoms with E-state index >= 15 is 0 Å². The Morgan fingerprint density at radius 1 is 1.53 bits per heavy atom. The molecule has 0 saturated heterocycles. The van der Waals surface area contributed by atoms with Crippen LogP contribution >= 0.6 is 24.2 Å². The number of thiol groups is 1. The van der Waals surface area contributed by atoms with Gasteiger partial charge in [-0.1, -0.05) is 30.7 Å². The topological polar surface area (TPSA) is 23.8 Å². The number of nitriles is 1. The highest BCUT2D eigenvalue weighted by Crippen LogP contribution is 2.29. The van der Waals surface area contributed by atoms with Crippen LogP contribution in [0, 0.1) is 17.2 Å². The molecule has 80 valence electrons. The van der Waals surface area contributed by atoms with Crippen LogP contribution in [0.15, 0.2) is 24.3 Å². The van der Waals surface area contributed by atoms with E-state index in [0.717, 1.165) is 16.3 Å². The van der Waals surface area contributed by atoms with E-state index in [4.69, 9.17) is 16.9 Å². The normalized spacial score (nSPS) is 14.3. The van der Waals surface area contributed by atoms with E-state index < -0.39 is 0 Å². The van der Waals surface area contributed by atoms with Crippen LogP contribution in [0.5, 0.6) is 0 Å². The molecule has 0 saturated carbocycles. The van der Waals surface area contributed by atoms with E-state index in [-0.39, 0.29) is 5.92 Å². The van der Waals surface area contributed by atoms with Gasteiger partial charge >= 0.3 is 0 Å². The van der Waals surface area contributed by atoms with Gasteiger partial charge in [0, 0.05) is 17.4 Å². The van der Waals surface area contributed by atoms with Crippen molar-refractivity contribution in [2.45, 2.75) is 19.3 Å². The molecule has 0 amide bonds. The smallest absolute Gasteiger partial charge is 0.0628 e. The Kier molecular flexibility index (Phi) is 5.01. The number of hydrogen-bond acceptors (Lipinski definition) is 2. The fourth-order valence-electron chi connectivity index (χ4n) is 1.61. The minimum Gasteiger partial charge on any atom is -0.198 e. The van der Waals surface area contributed by atoms with Crippen LogP contribution in [0.1, 0.15) is 24.8 Å². The molecule has 15 heavy (non-hydrogen) atoms. The van der Waals surface area contributed by atoms with Gasteiger partial charge in [-0.15, -0.1) is 0 Å². The van der Waals surface area contributed by atoms with E-state index in [9.17, 15) is 0 Å². The monoisotopic (exact) mass is 239 g/mol. The Labute approximate surface area is 101 Å². The van der Waals surface area contributed by atoms with Gasteiger partial charge < -0.3 is 0 Å². The lowest BCUT2D eigenvalue weighted by molar-refractivity contribution is 0.515. The van der Waals surface area contributed by atoms with Crippen molar-refractivity contribution in [1.29, 1.82) is 5.26 Å².